The summed E-state index contributed by atoms with van der Waals surface area (Å²) in [4.78, 5) is 10.8. The van der Waals surface area contributed by atoms with Gasteiger partial charge in [-0.2, -0.15) is 0 Å². The van der Waals surface area contributed by atoms with E-state index in [2.05, 4.69) is 13.8 Å². The molecule has 1 unspecified atom stereocenters. The van der Waals surface area contributed by atoms with Crippen LogP contribution in [0.3, 0.4) is 0 Å². The van der Waals surface area contributed by atoms with Gasteiger partial charge in [0.15, 0.2) is 0 Å². The van der Waals surface area contributed by atoms with E-state index in [4.69, 9.17) is 5.11 Å². The normalized spacial score (nSPS) is 12.6. The number of hydrogen-bond acceptors (Lipinski definition) is 2. The molecule has 1 aromatic rings. The highest BCUT2D eigenvalue weighted by Crippen LogP contribution is 2.10. The first-order chi connectivity index (χ1) is 7.99. The van der Waals surface area contributed by atoms with Crippen molar-refractivity contribution >= 4 is 16.8 Å². The number of carboxylic acid groups (broad SMARTS) is 1. The second kappa shape index (κ2) is 6.55. The van der Waals surface area contributed by atoms with E-state index in [-0.39, 0.29) is 5.56 Å². The third-order valence-electron chi connectivity index (χ3n) is 2.42. The molecule has 0 aliphatic rings. The zero-order valence-corrected chi connectivity index (χ0v) is 11.0. The highest BCUT2D eigenvalue weighted by molar-refractivity contribution is 7.84. The Balaban J connectivity index is 2.59. The molecule has 0 amide bonds. The Labute approximate surface area is 104 Å². The molecule has 1 aromatic carbocycles. The molecule has 0 bridgehead atoms. The van der Waals surface area contributed by atoms with Gasteiger partial charge in [-0.05, 0) is 30.0 Å². The predicted molar refractivity (Wildman–Crippen MR) is 69.6 cm³/mol. The quantitative estimate of drug-likeness (QED) is 0.849. The average molecular weight is 254 g/mol. The first kappa shape index (κ1) is 13.9. The van der Waals surface area contributed by atoms with Crippen LogP contribution in [0.1, 0.15) is 36.2 Å². The SMILES string of the molecule is CC(C)CCS(=O)Cc1cccc(C(=O)O)c1. The molecular weight excluding hydrogens is 236 g/mol. The summed E-state index contributed by atoms with van der Waals surface area (Å²) in [6.07, 6.45) is 0.936. The van der Waals surface area contributed by atoms with Crippen molar-refractivity contribution < 1.29 is 14.1 Å². The molecule has 0 fully saturated rings. The van der Waals surface area contributed by atoms with E-state index in [0.717, 1.165) is 12.0 Å². The summed E-state index contributed by atoms with van der Waals surface area (Å²) in [6, 6.07) is 6.65. The van der Waals surface area contributed by atoms with Crippen LogP contribution in [0, 0.1) is 5.92 Å². The Morgan fingerprint density at radius 1 is 1.41 bits per heavy atom. The van der Waals surface area contributed by atoms with Crippen molar-refractivity contribution in [3.8, 4) is 0 Å². The van der Waals surface area contributed by atoms with Gasteiger partial charge in [-0.3, -0.25) is 4.21 Å². The van der Waals surface area contributed by atoms with Gasteiger partial charge in [0, 0.05) is 22.3 Å². The van der Waals surface area contributed by atoms with Crippen LogP contribution in [-0.4, -0.2) is 21.0 Å². The molecule has 0 saturated heterocycles. The van der Waals surface area contributed by atoms with Crippen LogP contribution in [0.15, 0.2) is 24.3 Å². The van der Waals surface area contributed by atoms with Crippen LogP contribution in [-0.2, 0) is 16.6 Å². The first-order valence-electron chi connectivity index (χ1n) is 5.66. The van der Waals surface area contributed by atoms with Gasteiger partial charge in [0.05, 0.1) is 5.56 Å². The average Bonchev–Trinajstić information content (AvgIpc) is 2.26. The molecular formula is C13H18O3S. The van der Waals surface area contributed by atoms with Crippen LogP contribution >= 0.6 is 0 Å². The van der Waals surface area contributed by atoms with Crippen molar-refractivity contribution in [3.63, 3.8) is 0 Å². The summed E-state index contributed by atoms with van der Waals surface area (Å²) in [5, 5.41) is 8.84. The summed E-state index contributed by atoms with van der Waals surface area (Å²) < 4.78 is 11.8. The molecule has 0 spiro atoms. The van der Waals surface area contributed by atoms with Crippen LogP contribution in [0.2, 0.25) is 0 Å². The van der Waals surface area contributed by atoms with Gasteiger partial charge < -0.3 is 5.11 Å². The van der Waals surface area contributed by atoms with Gasteiger partial charge >= 0.3 is 5.97 Å². The number of rotatable bonds is 6. The fourth-order valence-electron chi connectivity index (χ4n) is 1.42. The van der Waals surface area contributed by atoms with Gasteiger partial charge in [0.2, 0.25) is 0 Å². The largest absolute Gasteiger partial charge is 0.478 e. The molecule has 1 atom stereocenters. The lowest BCUT2D eigenvalue weighted by Crippen LogP contribution is -2.05. The van der Waals surface area contributed by atoms with Crippen molar-refractivity contribution in [1.82, 2.24) is 0 Å². The van der Waals surface area contributed by atoms with E-state index in [1.54, 1.807) is 18.2 Å². The van der Waals surface area contributed by atoms with Crippen molar-refractivity contribution in [2.24, 2.45) is 5.92 Å². The molecule has 1 N–H and O–H groups in total. The van der Waals surface area contributed by atoms with Crippen molar-refractivity contribution in [3.05, 3.63) is 35.4 Å². The molecule has 3 nitrogen and oxygen atoms in total. The summed E-state index contributed by atoms with van der Waals surface area (Å²) in [7, 11) is -0.906. The molecule has 0 radical (unpaired) electrons. The molecule has 0 heterocycles. The lowest BCUT2D eigenvalue weighted by atomic mass is 10.1. The van der Waals surface area contributed by atoms with Crippen molar-refractivity contribution in [2.75, 3.05) is 5.75 Å². The molecule has 0 aliphatic carbocycles. The number of aromatic carboxylic acids is 1. The maximum absolute atomic E-state index is 11.8. The minimum atomic E-state index is -0.945. The van der Waals surface area contributed by atoms with E-state index in [1.807, 2.05) is 6.07 Å². The number of carbonyl (C=O) groups is 1. The van der Waals surface area contributed by atoms with Crippen LogP contribution < -0.4 is 0 Å². The summed E-state index contributed by atoms with van der Waals surface area (Å²) in [5.41, 5.74) is 1.08. The lowest BCUT2D eigenvalue weighted by molar-refractivity contribution is 0.0697. The molecule has 0 aliphatic heterocycles. The summed E-state index contributed by atoms with van der Waals surface area (Å²) in [5.74, 6) is 0.715. The minimum Gasteiger partial charge on any atom is -0.478 e. The second-order valence-electron chi connectivity index (χ2n) is 4.48. The van der Waals surface area contributed by atoms with Gasteiger partial charge in [0.1, 0.15) is 0 Å². The predicted octanol–water partition coefficient (Wildman–Crippen LogP) is 2.68. The second-order valence-corrected chi connectivity index (χ2v) is 6.05. The van der Waals surface area contributed by atoms with E-state index in [1.165, 1.54) is 0 Å². The van der Waals surface area contributed by atoms with E-state index in [0.29, 0.717) is 17.4 Å². The third-order valence-corrected chi connectivity index (χ3v) is 3.77. The highest BCUT2D eigenvalue weighted by Gasteiger charge is 2.07. The van der Waals surface area contributed by atoms with E-state index in [9.17, 15) is 9.00 Å². The number of carboxylic acids is 1. The topological polar surface area (TPSA) is 54.4 Å². The Bertz CT molecular complexity index is 413. The molecule has 17 heavy (non-hydrogen) atoms. The van der Waals surface area contributed by atoms with E-state index >= 15 is 0 Å². The smallest absolute Gasteiger partial charge is 0.335 e. The van der Waals surface area contributed by atoms with Gasteiger partial charge in [-0.25, -0.2) is 4.79 Å². The van der Waals surface area contributed by atoms with Gasteiger partial charge in [0.25, 0.3) is 0 Å². The Hall–Kier alpha value is -1.16. The van der Waals surface area contributed by atoms with Crippen molar-refractivity contribution in [2.45, 2.75) is 26.0 Å². The standard InChI is InChI=1S/C13H18O3S/c1-10(2)6-7-17(16)9-11-4-3-5-12(8-11)13(14)15/h3-5,8,10H,6-7,9H2,1-2H3,(H,14,15). The fourth-order valence-corrected chi connectivity index (χ4v) is 2.85. The maximum atomic E-state index is 11.8. The molecule has 0 saturated carbocycles. The first-order valence-corrected chi connectivity index (χ1v) is 7.15. The highest BCUT2D eigenvalue weighted by atomic mass is 32.2. The van der Waals surface area contributed by atoms with Crippen LogP contribution in [0.25, 0.3) is 0 Å². The fraction of sp³-hybridized carbons (Fsp3) is 0.462. The number of hydrogen-bond donors (Lipinski definition) is 1. The third kappa shape index (κ3) is 5.13. The molecule has 0 aromatic heterocycles. The monoisotopic (exact) mass is 254 g/mol. The van der Waals surface area contributed by atoms with Gasteiger partial charge in [-0.1, -0.05) is 26.0 Å². The molecule has 1 rings (SSSR count). The Morgan fingerprint density at radius 3 is 2.71 bits per heavy atom. The van der Waals surface area contributed by atoms with Crippen molar-refractivity contribution in [1.29, 1.82) is 0 Å². The minimum absolute atomic E-state index is 0.253. The Morgan fingerprint density at radius 2 is 2.12 bits per heavy atom. The zero-order chi connectivity index (χ0) is 12.8. The summed E-state index contributed by atoms with van der Waals surface area (Å²) >= 11 is 0. The Kier molecular flexibility index (Phi) is 5.35. The zero-order valence-electron chi connectivity index (χ0n) is 10.2. The van der Waals surface area contributed by atoms with Crippen LogP contribution in [0.4, 0.5) is 0 Å². The number of benzene rings is 1. The lowest BCUT2D eigenvalue weighted by Gasteiger charge is -2.05. The summed E-state index contributed by atoms with van der Waals surface area (Å²) in [6.45, 7) is 4.20. The van der Waals surface area contributed by atoms with Crippen LogP contribution in [0.5, 0.6) is 0 Å². The maximum Gasteiger partial charge on any atom is 0.335 e. The molecule has 94 valence electrons. The van der Waals surface area contributed by atoms with E-state index < -0.39 is 16.8 Å². The molecule has 4 heteroatoms. The van der Waals surface area contributed by atoms with Gasteiger partial charge in [-0.15, -0.1) is 0 Å².